The molecule has 1 aliphatic rings. The molecule has 0 saturated heterocycles. The first-order chi connectivity index (χ1) is 11.0. The molecule has 0 spiro atoms. The van der Waals surface area contributed by atoms with Crippen molar-refractivity contribution in [3.05, 3.63) is 22.7 Å². The summed E-state index contributed by atoms with van der Waals surface area (Å²) in [5, 5.41) is 22.5. The van der Waals surface area contributed by atoms with Gasteiger partial charge in [0.25, 0.3) is 0 Å². The maximum atomic E-state index is 12.3. The monoisotopic (exact) mass is 358 g/mol. The molecule has 1 aromatic rings. The molecule has 0 unspecified atom stereocenters. The van der Waals surface area contributed by atoms with Gasteiger partial charge in [-0.1, -0.05) is 43.7 Å². The van der Waals surface area contributed by atoms with Crippen molar-refractivity contribution in [1.29, 1.82) is 0 Å². The summed E-state index contributed by atoms with van der Waals surface area (Å²) >= 11 is 10.2. The zero-order chi connectivity index (χ0) is 16.8. The number of urea groups is 1. The predicted molar refractivity (Wildman–Crippen MR) is 95.3 cm³/mol. The zero-order valence-corrected chi connectivity index (χ0v) is 14.6. The number of hydrogen-bond donors (Lipinski definition) is 4. The summed E-state index contributed by atoms with van der Waals surface area (Å²) in [6.45, 7) is 0.495. The van der Waals surface area contributed by atoms with Crippen molar-refractivity contribution in [2.75, 3.05) is 17.5 Å². The van der Waals surface area contributed by atoms with Gasteiger partial charge in [-0.15, -0.1) is 0 Å². The van der Waals surface area contributed by atoms with Gasteiger partial charge in [0.1, 0.15) is 11.4 Å². The summed E-state index contributed by atoms with van der Waals surface area (Å²) < 4.78 is 1.06. The summed E-state index contributed by atoms with van der Waals surface area (Å²) in [6, 6.07) is 2.65. The number of aliphatic hydroxyl groups is 1. The van der Waals surface area contributed by atoms with Gasteiger partial charge in [-0.3, -0.25) is 0 Å². The smallest absolute Gasteiger partial charge is 0.332 e. The van der Waals surface area contributed by atoms with Gasteiger partial charge >= 0.3 is 6.03 Å². The first-order valence-electron chi connectivity index (χ1n) is 7.92. The largest absolute Gasteiger partial charge is 0.505 e. The fourth-order valence-corrected chi connectivity index (χ4v) is 3.38. The van der Waals surface area contributed by atoms with Crippen molar-refractivity contribution in [2.45, 2.75) is 38.5 Å². The standard InChI is InChI=1S/C16H23ClN2O3S/c17-13-8-12(6-7-20)15(21)14(9-13)19(23)16(22)18-10-11-4-2-1-3-5-11/h8-9,11,20-21,23H,1-7,10H2,(H,18,22). The lowest BCUT2D eigenvalue weighted by Gasteiger charge is -2.24. The van der Waals surface area contributed by atoms with E-state index in [1.54, 1.807) is 6.07 Å². The van der Waals surface area contributed by atoms with E-state index in [1.807, 2.05) is 0 Å². The van der Waals surface area contributed by atoms with Crippen LogP contribution in [0.25, 0.3) is 0 Å². The van der Waals surface area contributed by atoms with E-state index >= 15 is 0 Å². The van der Waals surface area contributed by atoms with E-state index in [4.69, 9.17) is 16.7 Å². The molecule has 1 aliphatic carbocycles. The maximum Gasteiger partial charge on any atom is 0.332 e. The van der Waals surface area contributed by atoms with Crippen LogP contribution < -0.4 is 9.62 Å². The van der Waals surface area contributed by atoms with Gasteiger partial charge in [0.2, 0.25) is 0 Å². The van der Waals surface area contributed by atoms with E-state index in [0.29, 0.717) is 23.0 Å². The highest BCUT2D eigenvalue weighted by Gasteiger charge is 2.20. The Morgan fingerprint density at radius 3 is 2.70 bits per heavy atom. The molecule has 0 atom stereocenters. The molecule has 0 bridgehead atoms. The highest BCUT2D eigenvalue weighted by atomic mass is 35.5. The third-order valence-corrected chi connectivity index (χ3v) is 4.82. The van der Waals surface area contributed by atoms with Crippen LogP contribution in [0.3, 0.4) is 0 Å². The molecule has 0 heterocycles. The van der Waals surface area contributed by atoms with Crippen LogP contribution in [-0.4, -0.2) is 29.4 Å². The van der Waals surface area contributed by atoms with Gasteiger partial charge in [-0.25, -0.2) is 9.10 Å². The number of rotatable bonds is 5. The van der Waals surface area contributed by atoms with Crippen molar-refractivity contribution < 1.29 is 15.0 Å². The number of hydrogen-bond acceptors (Lipinski definition) is 4. The van der Waals surface area contributed by atoms with Crippen molar-refractivity contribution in [2.24, 2.45) is 5.92 Å². The van der Waals surface area contributed by atoms with Crippen molar-refractivity contribution in [3.8, 4) is 5.75 Å². The lowest BCUT2D eigenvalue weighted by Crippen LogP contribution is -2.37. The SMILES string of the molecule is O=C(NCC1CCCCC1)N(S)c1cc(Cl)cc(CCO)c1O. The Bertz CT molecular complexity index is 550. The number of aliphatic hydroxyl groups excluding tert-OH is 1. The number of phenols is 1. The van der Waals surface area contributed by atoms with Crippen LogP contribution >= 0.6 is 24.4 Å². The molecule has 5 nitrogen and oxygen atoms in total. The molecule has 0 radical (unpaired) electrons. The van der Waals surface area contributed by atoms with E-state index < -0.39 is 6.03 Å². The molecule has 7 heteroatoms. The number of anilines is 1. The minimum Gasteiger partial charge on any atom is -0.505 e. The Kier molecular flexibility index (Phi) is 6.87. The second-order valence-electron chi connectivity index (χ2n) is 5.91. The molecule has 128 valence electrons. The molecule has 2 rings (SSSR count). The average Bonchev–Trinajstić information content (AvgIpc) is 2.56. The molecule has 0 aliphatic heterocycles. The third-order valence-electron chi connectivity index (χ3n) is 4.20. The van der Waals surface area contributed by atoms with Crippen molar-refractivity contribution in [3.63, 3.8) is 0 Å². The predicted octanol–water partition coefficient (Wildman–Crippen LogP) is 3.52. The van der Waals surface area contributed by atoms with Crippen molar-refractivity contribution in [1.82, 2.24) is 5.32 Å². The highest BCUT2D eigenvalue weighted by molar-refractivity contribution is 7.82. The normalized spacial score (nSPS) is 15.4. The summed E-state index contributed by atoms with van der Waals surface area (Å²) in [5.74, 6) is 0.415. The summed E-state index contributed by atoms with van der Waals surface area (Å²) in [6.07, 6.45) is 6.22. The molecule has 23 heavy (non-hydrogen) atoms. The van der Waals surface area contributed by atoms with Gasteiger partial charge in [0.15, 0.2) is 0 Å². The molecular formula is C16H23ClN2O3S. The first-order valence-corrected chi connectivity index (χ1v) is 8.69. The molecule has 3 N–H and O–H groups in total. The van der Waals surface area contributed by atoms with Crippen LogP contribution in [0.2, 0.25) is 5.02 Å². The molecule has 0 aromatic heterocycles. The number of amides is 2. The van der Waals surface area contributed by atoms with E-state index in [0.717, 1.165) is 17.1 Å². The van der Waals surface area contributed by atoms with E-state index in [1.165, 1.54) is 25.3 Å². The van der Waals surface area contributed by atoms with E-state index in [2.05, 4.69) is 18.1 Å². The Hall–Kier alpha value is -1.11. The van der Waals surface area contributed by atoms with Gasteiger partial charge in [0, 0.05) is 18.2 Å². The number of benzene rings is 1. The van der Waals surface area contributed by atoms with Crippen LogP contribution in [0, 0.1) is 5.92 Å². The number of nitrogens with zero attached hydrogens (tertiary/aromatic N) is 1. The molecule has 1 fully saturated rings. The second kappa shape index (κ2) is 8.66. The van der Waals surface area contributed by atoms with Crippen molar-refractivity contribution >= 4 is 36.1 Å². The fraction of sp³-hybridized carbons (Fsp3) is 0.562. The molecular weight excluding hydrogens is 336 g/mol. The number of phenolic OH excluding ortho intramolecular Hbond substituents is 1. The molecule has 2 amide bonds. The number of carbonyl (C=O) groups excluding carboxylic acids is 1. The van der Waals surface area contributed by atoms with Crippen LogP contribution in [0.15, 0.2) is 12.1 Å². The Balaban J connectivity index is 2.03. The third kappa shape index (κ3) is 4.93. The van der Waals surface area contributed by atoms with Gasteiger partial charge in [-0.05, 0) is 42.9 Å². The van der Waals surface area contributed by atoms with Gasteiger partial charge < -0.3 is 15.5 Å². The van der Waals surface area contributed by atoms with Gasteiger partial charge in [-0.2, -0.15) is 0 Å². The Labute approximate surface area is 147 Å². The summed E-state index contributed by atoms with van der Waals surface area (Å²) in [4.78, 5) is 12.3. The Morgan fingerprint density at radius 2 is 2.04 bits per heavy atom. The quantitative estimate of drug-likeness (QED) is 0.608. The lowest BCUT2D eigenvalue weighted by molar-refractivity contribution is 0.245. The topological polar surface area (TPSA) is 72.8 Å². The summed E-state index contributed by atoms with van der Waals surface area (Å²) in [5.41, 5.74) is 0.694. The number of halogens is 1. The van der Waals surface area contributed by atoms with E-state index in [9.17, 15) is 9.90 Å². The number of thiol groups is 1. The minimum atomic E-state index is -0.397. The Morgan fingerprint density at radius 1 is 1.35 bits per heavy atom. The number of aromatic hydroxyl groups is 1. The average molecular weight is 359 g/mol. The molecule has 1 aromatic carbocycles. The van der Waals surface area contributed by atoms with Crippen LogP contribution in [0.4, 0.5) is 10.5 Å². The lowest BCUT2D eigenvalue weighted by atomic mass is 9.89. The van der Waals surface area contributed by atoms with Crippen LogP contribution in [0.1, 0.15) is 37.7 Å². The second-order valence-corrected chi connectivity index (χ2v) is 6.74. The summed E-state index contributed by atoms with van der Waals surface area (Å²) in [7, 11) is 0. The fourth-order valence-electron chi connectivity index (χ4n) is 2.92. The van der Waals surface area contributed by atoms with Crippen LogP contribution in [-0.2, 0) is 6.42 Å². The van der Waals surface area contributed by atoms with E-state index in [-0.39, 0.29) is 24.5 Å². The first kappa shape index (κ1) is 18.2. The molecule has 1 saturated carbocycles. The number of nitrogens with one attached hydrogen (secondary N) is 1. The van der Waals surface area contributed by atoms with Crippen LogP contribution in [0.5, 0.6) is 5.75 Å². The maximum absolute atomic E-state index is 12.3. The highest BCUT2D eigenvalue weighted by Crippen LogP contribution is 2.35. The number of carbonyl (C=O) groups is 1. The van der Waals surface area contributed by atoms with Gasteiger partial charge in [0.05, 0.1) is 0 Å². The zero-order valence-electron chi connectivity index (χ0n) is 13.0. The minimum absolute atomic E-state index is 0.0914.